The molecule has 1 aromatic carbocycles. The van der Waals surface area contributed by atoms with Gasteiger partial charge >= 0.3 is 0 Å². The standard InChI is InChI=1S/C20H20N4O4S2/c1-10-3-6-13-15(7-10)30-19-17(13)18(26)22-20(23-19)29-9-16(25)21-14-8-12(24(27)28)5-4-11(14)2/h4-5,8,10H,3,6-7,9H2,1-2H3,(H,21,25)(H,22,23,26). The molecule has 0 fully saturated rings. The molecule has 0 saturated heterocycles. The van der Waals surface area contributed by atoms with Gasteiger partial charge in [0.1, 0.15) is 4.83 Å². The Morgan fingerprint density at radius 2 is 2.27 bits per heavy atom. The van der Waals surface area contributed by atoms with Crippen LogP contribution in [-0.2, 0) is 17.6 Å². The number of aromatic nitrogens is 2. The first-order valence-corrected chi connectivity index (χ1v) is 11.3. The van der Waals surface area contributed by atoms with Crippen LogP contribution in [0.15, 0.2) is 28.2 Å². The molecule has 1 amide bonds. The summed E-state index contributed by atoms with van der Waals surface area (Å²) in [4.78, 5) is 44.7. The van der Waals surface area contributed by atoms with Crippen molar-refractivity contribution in [1.29, 1.82) is 0 Å². The minimum atomic E-state index is -0.505. The van der Waals surface area contributed by atoms with Crippen molar-refractivity contribution in [3.63, 3.8) is 0 Å². The number of anilines is 1. The van der Waals surface area contributed by atoms with Gasteiger partial charge < -0.3 is 10.3 Å². The highest BCUT2D eigenvalue weighted by Gasteiger charge is 2.23. The lowest BCUT2D eigenvalue weighted by Gasteiger charge is -2.17. The van der Waals surface area contributed by atoms with Crippen LogP contribution in [0.25, 0.3) is 10.2 Å². The molecule has 10 heteroatoms. The Labute approximate surface area is 180 Å². The van der Waals surface area contributed by atoms with Crippen LogP contribution in [0, 0.1) is 23.0 Å². The van der Waals surface area contributed by atoms with Crippen molar-refractivity contribution < 1.29 is 9.72 Å². The van der Waals surface area contributed by atoms with Gasteiger partial charge in [0.15, 0.2) is 5.16 Å². The molecule has 8 nitrogen and oxygen atoms in total. The molecule has 30 heavy (non-hydrogen) atoms. The van der Waals surface area contributed by atoms with Gasteiger partial charge in [-0.2, -0.15) is 0 Å². The predicted molar refractivity (Wildman–Crippen MR) is 119 cm³/mol. The van der Waals surface area contributed by atoms with Crippen LogP contribution in [0.3, 0.4) is 0 Å². The third kappa shape index (κ3) is 4.10. The number of nitrogens with one attached hydrogen (secondary N) is 2. The van der Waals surface area contributed by atoms with Crippen LogP contribution in [0.4, 0.5) is 11.4 Å². The van der Waals surface area contributed by atoms with E-state index in [-0.39, 0.29) is 22.9 Å². The summed E-state index contributed by atoms with van der Waals surface area (Å²) in [6, 6.07) is 4.32. The van der Waals surface area contributed by atoms with Crippen molar-refractivity contribution >= 4 is 50.6 Å². The number of thioether (sulfide) groups is 1. The molecule has 1 unspecified atom stereocenters. The SMILES string of the molecule is Cc1ccc([N+](=O)[O-])cc1NC(=O)CSc1nc2sc3c(c2c(=O)[nH]1)CCC(C)C3. The number of nitro groups is 1. The van der Waals surface area contributed by atoms with Crippen molar-refractivity contribution in [2.45, 2.75) is 38.3 Å². The second kappa shape index (κ2) is 8.19. The minimum Gasteiger partial charge on any atom is -0.325 e. The molecular weight excluding hydrogens is 424 g/mol. The van der Waals surface area contributed by atoms with Crippen molar-refractivity contribution in [1.82, 2.24) is 9.97 Å². The number of aryl methyl sites for hydroxylation is 2. The fraction of sp³-hybridized carbons (Fsp3) is 0.350. The number of non-ortho nitro benzene ring substituents is 1. The second-order valence-electron chi connectivity index (χ2n) is 7.50. The molecule has 2 N–H and O–H groups in total. The van der Waals surface area contributed by atoms with Gasteiger partial charge in [0, 0.05) is 17.0 Å². The molecule has 2 aromatic heterocycles. The number of carbonyl (C=O) groups excluding carboxylic acids is 1. The third-order valence-electron chi connectivity index (χ3n) is 5.19. The molecule has 2 heterocycles. The fourth-order valence-corrected chi connectivity index (χ4v) is 5.68. The predicted octanol–water partition coefficient (Wildman–Crippen LogP) is 4.06. The Hall–Kier alpha value is -2.72. The van der Waals surface area contributed by atoms with Gasteiger partial charge in [0.2, 0.25) is 5.91 Å². The molecule has 0 saturated carbocycles. The second-order valence-corrected chi connectivity index (χ2v) is 9.54. The van der Waals surface area contributed by atoms with E-state index in [0.717, 1.165) is 47.0 Å². The van der Waals surface area contributed by atoms with E-state index in [4.69, 9.17) is 0 Å². The Kier molecular flexibility index (Phi) is 5.61. The highest BCUT2D eigenvalue weighted by Crippen LogP contribution is 2.36. The maximum Gasteiger partial charge on any atom is 0.271 e. The lowest BCUT2D eigenvalue weighted by atomic mass is 9.89. The minimum absolute atomic E-state index is 0.0265. The van der Waals surface area contributed by atoms with Crippen LogP contribution in [0.1, 0.15) is 29.3 Å². The number of hydrogen-bond donors (Lipinski definition) is 2. The number of thiophene rings is 1. The number of fused-ring (bicyclic) bond motifs is 3. The van der Waals surface area contributed by atoms with E-state index in [1.807, 2.05) is 0 Å². The van der Waals surface area contributed by atoms with Crippen LogP contribution in [-0.4, -0.2) is 26.6 Å². The fourth-order valence-electron chi connectivity index (χ4n) is 3.58. The molecular formula is C20H20N4O4S2. The number of carbonyl (C=O) groups is 1. The maximum absolute atomic E-state index is 12.6. The number of benzene rings is 1. The Morgan fingerprint density at radius 3 is 3.03 bits per heavy atom. The van der Waals surface area contributed by atoms with E-state index in [1.54, 1.807) is 24.3 Å². The highest BCUT2D eigenvalue weighted by molar-refractivity contribution is 7.99. The summed E-state index contributed by atoms with van der Waals surface area (Å²) in [5.41, 5.74) is 2.00. The summed E-state index contributed by atoms with van der Waals surface area (Å²) in [5, 5.41) is 14.7. The van der Waals surface area contributed by atoms with E-state index in [9.17, 15) is 19.7 Å². The largest absolute Gasteiger partial charge is 0.325 e. The quantitative estimate of drug-likeness (QED) is 0.265. The van der Waals surface area contributed by atoms with E-state index >= 15 is 0 Å². The average Bonchev–Trinajstić information content (AvgIpc) is 3.05. The zero-order valence-electron chi connectivity index (χ0n) is 16.5. The normalized spacial score (nSPS) is 15.7. The number of nitrogens with zero attached hydrogens (tertiary/aromatic N) is 2. The number of H-pyrrole nitrogens is 1. The zero-order chi connectivity index (χ0) is 21.4. The van der Waals surface area contributed by atoms with Crippen molar-refractivity contribution in [3.8, 4) is 0 Å². The smallest absolute Gasteiger partial charge is 0.271 e. The maximum atomic E-state index is 12.6. The molecule has 0 aliphatic heterocycles. The van der Waals surface area contributed by atoms with E-state index < -0.39 is 4.92 Å². The van der Waals surface area contributed by atoms with E-state index in [0.29, 0.717) is 22.1 Å². The molecule has 0 radical (unpaired) electrons. The monoisotopic (exact) mass is 444 g/mol. The van der Waals surface area contributed by atoms with Crippen molar-refractivity contribution in [3.05, 3.63) is 54.7 Å². The summed E-state index contributed by atoms with van der Waals surface area (Å²) < 4.78 is 0. The van der Waals surface area contributed by atoms with Crippen LogP contribution in [0.2, 0.25) is 0 Å². The van der Waals surface area contributed by atoms with Gasteiger partial charge in [-0.05, 0) is 43.2 Å². The number of aromatic amines is 1. The molecule has 1 aliphatic rings. The average molecular weight is 445 g/mol. The van der Waals surface area contributed by atoms with Gasteiger partial charge in [0.05, 0.1) is 21.7 Å². The van der Waals surface area contributed by atoms with E-state index in [1.165, 1.54) is 17.0 Å². The molecule has 1 atom stereocenters. The summed E-state index contributed by atoms with van der Waals surface area (Å²) in [6.45, 7) is 3.98. The molecule has 0 spiro atoms. The molecule has 0 bridgehead atoms. The van der Waals surface area contributed by atoms with Gasteiger partial charge in [0.25, 0.3) is 11.2 Å². The van der Waals surface area contributed by atoms with Crippen molar-refractivity contribution in [2.75, 3.05) is 11.1 Å². The molecule has 3 aromatic rings. The van der Waals surface area contributed by atoms with Gasteiger partial charge in [-0.3, -0.25) is 19.7 Å². The first kappa shape index (κ1) is 20.5. The molecule has 4 rings (SSSR count). The third-order valence-corrected chi connectivity index (χ3v) is 7.21. The Bertz CT molecular complexity index is 1220. The Balaban J connectivity index is 1.49. The number of amides is 1. The van der Waals surface area contributed by atoms with E-state index in [2.05, 4.69) is 22.2 Å². The first-order valence-electron chi connectivity index (χ1n) is 9.54. The summed E-state index contributed by atoms with van der Waals surface area (Å²) in [7, 11) is 0. The van der Waals surface area contributed by atoms with Crippen LogP contribution >= 0.6 is 23.1 Å². The summed E-state index contributed by atoms with van der Waals surface area (Å²) in [6.07, 6.45) is 2.95. The van der Waals surface area contributed by atoms with Crippen LogP contribution < -0.4 is 10.9 Å². The first-order chi connectivity index (χ1) is 14.3. The zero-order valence-corrected chi connectivity index (χ0v) is 18.1. The number of rotatable bonds is 5. The van der Waals surface area contributed by atoms with Gasteiger partial charge in [-0.25, -0.2) is 4.98 Å². The topological polar surface area (TPSA) is 118 Å². The summed E-state index contributed by atoms with van der Waals surface area (Å²) >= 11 is 2.70. The van der Waals surface area contributed by atoms with Gasteiger partial charge in [-0.15, -0.1) is 11.3 Å². The molecule has 1 aliphatic carbocycles. The van der Waals surface area contributed by atoms with Crippen LogP contribution in [0.5, 0.6) is 0 Å². The summed E-state index contributed by atoms with van der Waals surface area (Å²) in [5.74, 6) is 0.309. The lowest BCUT2D eigenvalue weighted by Crippen LogP contribution is -2.16. The Morgan fingerprint density at radius 1 is 1.47 bits per heavy atom. The number of hydrogen-bond acceptors (Lipinski definition) is 7. The van der Waals surface area contributed by atoms with Gasteiger partial charge in [-0.1, -0.05) is 24.8 Å². The lowest BCUT2D eigenvalue weighted by molar-refractivity contribution is -0.384. The number of nitro benzene ring substituents is 1. The molecule has 156 valence electrons. The highest BCUT2D eigenvalue weighted by atomic mass is 32.2. The van der Waals surface area contributed by atoms with Crippen molar-refractivity contribution in [2.24, 2.45) is 5.92 Å².